The van der Waals surface area contributed by atoms with Crippen LogP contribution >= 0.6 is 0 Å². The molecule has 138 valence electrons. The molecule has 0 heterocycles. The lowest BCUT2D eigenvalue weighted by Gasteiger charge is -2.13. The lowest BCUT2D eigenvalue weighted by molar-refractivity contribution is -0.130. The van der Waals surface area contributed by atoms with Gasteiger partial charge in [0.2, 0.25) is 0 Å². The molecular weight excluding hydrogens is 340 g/mol. The van der Waals surface area contributed by atoms with Crippen LogP contribution in [0.2, 0.25) is 0 Å². The van der Waals surface area contributed by atoms with E-state index in [9.17, 15) is 9.90 Å². The quantitative estimate of drug-likeness (QED) is 0.460. The highest BCUT2D eigenvalue weighted by molar-refractivity contribution is 6.22. The van der Waals surface area contributed by atoms with E-state index in [1.54, 1.807) is 37.5 Å². The van der Waals surface area contributed by atoms with Crippen LogP contribution in [-0.4, -0.2) is 24.8 Å². The zero-order valence-corrected chi connectivity index (χ0v) is 15.4. The molecule has 0 saturated carbocycles. The average Bonchev–Trinajstić information content (AvgIpc) is 2.70. The van der Waals surface area contributed by atoms with E-state index in [-0.39, 0.29) is 5.57 Å². The van der Waals surface area contributed by atoms with Gasteiger partial charge in [-0.25, -0.2) is 4.79 Å². The zero-order chi connectivity index (χ0) is 19.2. The van der Waals surface area contributed by atoms with Crippen LogP contribution in [0.25, 0.3) is 22.4 Å². The largest absolute Gasteiger partial charge is 0.497 e. The summed E-state index contributed by atoms with van der Waals surface area (Å²) in [7, 11) is 1.58. The molecule has 0 saturated heterocycles. The molecule has 0 atom stereocenters. The van der Waals surface area contributed by atoms with Crippen molar-refractivity contribution in [2.45, 2.75) is 13.3 Å². The predicted molar refractivity (Wildman–Crippen MR) is 108 cm³/mol. The standard InChI is InChI=1S/C23H22O4/c1-3-14-27-22-13-10-16-6-4-5-7-19(16)21(22)15-20(23(24)25)17-8-11-18(26-2)12-9-17/h4-13,15H,3,14H2,1-2H3,(H,24,25)/b20-15+. The van der Waals surface area contributed by atoms with Crippen LogP contribution in [-0.2, 0) is 4.79 Å². The molecule has 0 aliphatic heterocycles. The van der Waals surface area contributed by atoms with E-state index < -0.39 is 5.97 Å². The summed E-state index contributed by atoms with van der Waals surface area (Å²) in [4.78, 5) is 12.0. The van der Waals surface area contributed by atoms with E-state index in [0.717, 1.165) is 22.8 Å². The van der Waals surface area contributed by atoms with Crippen molar-refractivity contribution in [3.8, 4) is 11.5 Å². The molecule has 0 amide bonds. The third kappa shape index (κ3) is 4.11. The van der Waals surface area contributed by atoms with E-state index in [0.29, 0.717) is 23.7 Å². The van der Waals surface area contributed by atoms with Crippen molar-refractivity contribution in [2.75, 3.05) is 13.7 Å². The fourth-order valence-corrected chi connectivity index (χ4v) is 2.95. The van der Waals surface area contributed by atoms with E-state index in [4.69, 9.17) is 9.47 Å². The third-order valence-electron chi connectivity index (χ3n) is 4.31. The van der Waals surface area contributed by atoms with Crippen LogP contribution in [0.1, 0.15) is 24.5 Å². The molecule has 3 aromatic rings. The maximum Gasteiger partial charge on any atom is 0.336 e. The van der Waals surface area contributed by atoms with Crippen molar-refractivity contribution in [1.82, 2.24) is 0 Å². The Hall–Kier alpha value is -3.27. The van der Waals surface area contributed by atoms with E-state index in [1.807, 2.05) is 43.3 Å². The number of carbonyl (C=O) groups is 1. The van der Waals surface area contributed by atoms with E-state index >= 15 is 0 Å². The Labute approximate surface area is 158 Å². The second-order valence-electron chi connectivity index (χ2n) is 6.14. The lowest BCUT2D eigenvalue weighted by Crippen LogP contribution is -2.02. The van der Waals surface area contributed by atoms with Gasteiger partial charge < -0.3 is 14.6 Å². The fraction of sp³-hybridized carbons (Fsp3) is 0.174. The van der Waals surface area contributed by atoms with Crippen LogP contribution in [0.3, 0.4) is 0 Å². The highest BCUT2D eigenvalue weighted by Gasteiger charge is 2.14. The smallest absolute Gasteiger partial charge is 0.336 e. The second-order valence-corrected chi connectivity index (χ2v) is 6.14. The number of carboxylic acids is 1. The Morgan fingerprint density at radius 3 is 2.44 bits per heavy atom. The molecule has 0 aliphatic rings. The Morgan fingerprint density at radius 1 is 1.04 bits per heavy atom. The summed E-state index contributed by atoms with van der Waals surface area (Å²) in [5.74, 6) is 0.373. The molecule has 1 N–H and O–H groups in total. The van der Waals surface area contributed by atoms with Gasteiger partial charge in [-0.15, -0.1) is 0 Å². The van der Waals surface area contributed by atoms with Gasteiger partial charge in [0, 0.05) is 5.56 Å². The normalized spacial score (nSPS) is 11.4. The fourth-order valence-electron chi connectivity index (χ4n) is 2.95. The van der Waals surface area contributed by atoms with Gasteiger partial charge >= 0.3 is 5.97 Å². The summed E-state index contributed by atoms with van der Waals surface area (Å²) in [5, 5.41) is 11.8. The van der Waals surface area contributed by atoms with Crippen molar-refractivity contribution < 1.29 is 19.4 Å². The summed E-state index contributed by atoms with van der Waals surface area (Å²) in [6.07, 6.45) is 2.57. The minimum atomic E-state index is -0.991. The zero-order valence-electron chi connectivity index (χ0n) is 15.4. The first kappa shape index (κ1) is 18.5. The van der Waals surface area contributed by atoms with E-state index in [1.165, 1.54) is 0 Å². The number of carboxylic acid groups (broad SMARTS) is 1. The number of rotatable bonds is 7. The van der Waals surface area contributed by atoms with Crippen LogP contribution in [0.4, 0.5) is 0 Å². The third-order valence-corrected chi connectivity index (χ3v) is 4.31. The lowest BCUT2D eigenvalue weighted by atomic mass is 9.98. The number of benzene rings is 3. The van der Waals surface area contributed by atoms with Crippen LogP contribution in [0, 0.1) is 0 Å². The predicted octanol–water partition coefficient (Wildman–Crippen LogP) is 5.26. The summed E-state index contributed by atoms with van der Waals surface area (Å²) in [6.45, 7) is 2.61. The maximum absolute atomic E-state index is 12.0. The van der Waals surface area contributed by atoms with Gasteiger partial charge in [-0.2, -0.15) is 0 Å². The van der Waals surface area contributed by atoms with Crippen molar-refractivity contribution in [3.05, 3.63) is 71.8 Å². The molecular formula is C23H22O4. The van der Waals surface area contributed by atoms with Crippen molar-refractivity contribution in [2.24, 2.45) is 0 Å². The van der Waals surface area contributed by atoms with Crippen molar-refractivity contribution in [3.63, 3.8) is 0 Å². The average molecular weight is 362 g/mol. The molecule has 3 rings (SSSR count). The number of aliphatic carboxylic acids is 1. The van der Waals surface area contributed by atoms with Gasteiger partial charge in [-0.1, -0.05) is 49.4 Å². The highest BCUT2D eigenvalue weighted by Crippen LogP contribution is 2.32. The summed E-state index contributed by atoms with van der Waals surface area (Å²) in [6, 6.07) is 18.8. The van der Waals surface area contributed by atoms with Crippen LogP contribution in [0.15, 0.2) is 60.7 Å². The van der Waals surface area contributed by atoms with Gasteiger partial charge in [-0.05, 0) is 47.0 Å². The van der Waals surface area contributed by atoms with Gasteiger partial charge in [0.1, 0.15) is 11.5 Å². The maximum atomic E-state index is 12.0. The molecule has 3 aromatic carbocycles. The number of fused-ring (bicyclic) bond motifs is 1. The minimum Gasteiger partial charge on any atom is -0.497 e. The molecule has 0 radical (unpaired) electrons. The molecule has 4 nitrogen and oxygen atoms in total. The minimum absolute atomic E-state index is 0.204. The second kappa shape index (κ2) is 8.41. The van der Waals surface area contributed by atoms with Gasteiger partial charge in [0.25, 0.3) is 0 Å². The van der Waals surface area contributed by atoms with Crippen molar-refractivity contribution >= 4 is 28.4 Å². The Balaban J connectivity index is 2.18. The molecule has 0 fully saturated rings. The number of hydrogen-bond acceptors (Lipinski definition) is 3. The van der Waals surface area contributed by atoms with E-state index in [2.05, 4.69) is 0 Å². The molecule has 0 aliphatic carbocycles. The number of hydrogen-bond donors (Lipinski definition) is 1. The monoisotopic (exact) mass is 362 g/mol. The SMILES string of the molecule is CCCOc1ccc2ccccc2c1/C=C(/C(=O)O)c1ccc(OC)cc1. The molecule has 4 heteroatoms. The Kier molecular flexibility index (Phi) is 5.77. The molecule has 0 unspecified atom stereocenters. The summed E-state index contributed by atoms with van der Waals surface area (Å²) in [5.41, 5.74) is 1.59. The van der Waals surface area contributed by atoms with Crippen molar-refractivity contribution in [1.29, 1.82) is 0 Å². The molecule has 0 aromatic heterocycles. The first-order chi connectivity index (χ1) is 13.1. The summed E-state index contributed by atoms with van der Waals surface area (Å²) < 4.78 is 11.1. The van der Waals surface area contributed by atoms with Gasteiger partial charge in [0.15, 0.2) is 0 Å². The van der Waals surface area contributed by atoms with Gasteiger partial charge in [0.05, 0.1) is 19.3 Å². The Bertz CT molecular complexity index is 971. The summed E-state index contributed by atoms with van der Waals surface area (Å²) >= 11 is 0. The first-order valence-electron chi connectivity index (χ1n) is 8.88. The molecule has 27 heavy (non-hydrogen) atoms. The molecule has 0 spiro atoms. The number of methoxy groups -OCH3 is 1. The van der Waals surface area contributed by atoms with Crippen LogP contribution < -0.4 is 9.47 Å². The topological polar surface area (TPSA) is 55.8 Å². The first-order valence-corrected chi connectivity index (χ1v) is 8.88. The number of ether oxygens (including phenoxy) is 2. The Morgan fingerprint density at radius 2 is 1.78 bits per heavy atom. The van der Waals surface area contributed by atoms with Crippen LogP contribution in [0.5, 0.6) is 11.5 Å². The highest BCUT2D eigenvalue weighted by atomic mass is 16.5. The molecule has 0 bridgehead atoms. The van der Waals surface area contributed by atoms with Gasteiger partial charge in [-0.3, -0.25) is 0 Å².